The Morgan fingerprint density at radius 3 is 1.19 bits per heavy atom. The maximum Gasteiger partial charge on any atom is 0.124 e. The lowest BCUT2D eigenvalue weighted by Gasteiger charge is -2.10. The number of hydrogen-bond acceptors (Lipinski definition) is 4. The highest BCUT2D eigenvalue weighted by Gasteiger charge is 2.31. The number of allylic oxidation sites excluding steroid dienone is 4. The first-order chi connectivity index (χ1) is 15.5. The minimum Gasteiger partial charge on any atom is -0.507 e. The molecule has 4 nitrogen and oxygen atoms in total. The summed E-state index contributed by atoms with van der Waals surface area (Å²) in [4.78, 5) is 10.2. The fraction of sp³-hybridized carbons (Fsp3) is 0.286. The Bertz CT molecular complexity index is 1130. The molecule has 164 valence electrons. The van der Waals surface area contributed by atoms with Gasteiger partial charge in [-0.2, -0.15) is 0 Å². The number of para-hydroxylation sites is 2. The van der Waals surface area contributed by atoms with Crippen LogP contribution in [0.1, 0.15) is 64.5 Å². The van der Waals surface area contributed by atoms with Gasteiger partial charge in [-0.05, 0) is 72.2 Å². The Kier molecular flexibility index (Phi) is 6.13. The minimum atomic E-state index is 0.240. The van der Waals surface area contributed by atoms with Crippen molar-refractivity contribution in [2.24, 2.45) is 9.98 Å². The normalized spacial score (nSPS) is 18.5. The summed E-state index contributed by atoms with van der Waals surface area (Å²) in [6.07, 6.45) is 3.33. The predicted molar refractivity (Wildman–Crippen MR) is 132 cm³/mol. The van der Waals surface area contributed by atoms with Gasteiger partial charge < -0.3 is 10.2 Å². The minimum absolute atomic E-state index is 0.240. The zero-order valence-electron chi connectivity index (χ0n) is 19.2. The Morgan fingerprint density at radius 1 is 0.531 bits per heavy atom. The van der Waals surface area contributed by atoms with Crippen LogP contribution in [0.15, 0.2) is 92.2 Å². The van der Waals surface area contributed by atoms with E-state index in [1.165, 1.54) is 11.1 Å². The van der Waals surface area contributed by atoms with Gasteiger partial charge in [0.1, 0.15) is 11.5 Å². The number of hydrogen-bond donors (Lipinski definition) is 2. The summed E-state index contributed by atoms with van der Waals surface area (Å²) in [5.41, 5.74) is 9.68. The molecule has 2 aromatic rings. The topological polar surface area (TPSA) is 65.2 Å². The van der Waals surface area contributed by atoms with Gasteiger partial charge in [-0.3, -0.25) is 0 Å². The Hall–Kier alpha value is -3.40. The third-order valence-corrected chi connectivity index (χ3v) is 6.28. The Morgan fingerprint density at radius 2 is 0.875 bits per heavy atom. The van der Waals surface area contributed by atoms with Crippen molar-refractivity contribution in [1.29, 1.82) is 0 Å². The number of phenols is 2. The van der Waals surface area contributed by atoms with Crippen molar-refractivity contribution in [3.05, 3.63) is 93.3 Å². The molecule has 0 fully saturated rings. The van der Waals surface area contributed by atoms with Gasteiger partial charge in [-0.1, -0.05) is 52.0 Å². The Balaban J connectivity index is 2.00. The number of aromatic hydroxyl groups is 2. The number of phenolic OH excluding ortho intramolecular Hbond substituents is 2. The second-order valence-electron chi connectivity index (χ2n) is 7.98. The van der Waals surface area contributed by atoms with Gasteiger partial charge in [-0.15, -0.1) is 0 Å². The Labute approximate surface area is 190 Å². The van der Waals surface area contributed by atoms with E-state index in [2.05, 4.69) is 27.7 Å². The molecule has 0 saturated heterocycles. The van der Waals surface area contributed by atoms with Gasteiger partial charge in [0, 0.05) is 11.1 Å². The van der Waals surface area contributed by atoms with Crippen LogP contribution in [-0.2, 0) is 0 Å². The van der Waals surface area contributed by atoms with Crippen LogP contribution in [0.2, 0.25) is 0 Å². The molecule has 2 aromatic carbocycles. The van der Waals surface area contributed by atoms with Crippen LogP contribution >= 0.6 is 0 Å². The molecule has 0 spiro atoms. The predicted octanol–water partition coefficient (Wildman–Crippen LogP) is 6.85. The zero-order valence-corrected chi connectivity index (χ0v) is 19.2. The fourth-order valence-corrected chi connectivity index (χ4v) is 4.77. The van der Waals surface area contributed by atoms with Crippen molar-refractivity contribution in [3.63, 3.8) is 0 Å². The highest BCUT2D eigenvalue weighted by molar-refractivity contribution is 6.19. The SMILES string of the molecule is CCC1=C(CC)/C(=C2/N=C(c3ccccc3O)C(CC)=C2CC)N=C1c1ccccc1O. The highest BCUT2D eigenvalue weighted by Crippen LogP contribution is 2.43. The van der Waals surface area contributed by atoms with Gasteiger partial charge in [0.25, 0.3) is 0 Å². The lowest BCUT2D eigenvalue weighted by Crippen LogP contribution is -2.02. The number of rotatable bonds is 6. The third kappa shape index (κ3) is 3.50. The van der Waals surface area contributed by atoms with Crippen LogP contribution in [0.3, 0.4) is 0 Å². The molecule has 2 heterocycles. The van der Waals surface area contributed by atoms with Crippen LogP contribution in [0, 0.1) is 0 Å². The van der Waals surface area contributed by atoms with E-state index in [9.17, 15) is 10.2 Å². The van der Waals surface area contributed by atoms with E-state index in [1.54, 1.807) is 12.1 Å². The summed E-state index contributed by atoms with van der Waals surface area (Å²) in [6, 6.07) is 14.8. The quantitative estimate of drug-likeness (QED) is 0.530. The summed E-state index contributed by atoms with van der Waals surface area (Å²) in [5.74, 6) is 0.480. The first kappa shape index (κ1) is 21.8. The summed E-state index contributed by atoms with van der Waals surface area (Å²) in [6.45, 7) is 8.56. The third-order valence-electron chi connectivity index (χ3n) is 6.28. The van der Waals surface area contributed by atoms with Crippen molar-refractivity contribution >= 4 is 11.4 Å². The summed E-state index contributed by atoms with van der Waals surface area (Å²) in [7, 11) is 0. The fourth-order valence-electron chi connectivity index (χ4n) is 4.77. The van der Waals surface area contributed by atoms with E-state index >= 15 is 0 Å². The van der Waals surface area contributed by atoms with E-state index in [0.717, 1.165) is 70.8 Å². The van der Waals surface area contributed by atoms with Gasteiger partial charge in [-0.25, -0.2) is 9.98 Å². The second kappa shape index (κ2) is 8.99. The maximum absolute atomic E-state index is 10.5. The van der Waals surface area contributed by atoms with Crippen molar-refractivity contribution in [3.8, 4) is 11.5 Å². The molecule has 4 rings (SSSR count). The lowest BCUT2D eigenvalue weighted by atomic mass is 9.92. The molecule has 0 amide bonds. The van der Waals surface area contributed by atoms with E-state index in [1.807, 2.05) is 36.4 Å². The largest absolute Gasteiger partial charge is 0.507 e. The lowest BCUT2D eigenvalue weighted by molar-refractivity contribution is 0.473. The van der Waals surface area contributed by atoms with Crippen molar-refractivity contribution < 1.29 is 10.2 Å². The van der Waals surface area contributed by atoms with Crippen LogP contribution < -0.4 is 0 Å². The van der Waals surface area contributed by atoms with Crippen LogP contribution in [0.5, 0.6) is 11.5 Å². The van der Waals surface area contributed by atoms with E-state index in [0.29, 0.717) is 0 Å². The molecule has 0 atom stereocenters. The standard InChI is InChI=1S/C28H30N2O2/c1-5-17-19(7-3)27(29-25(17)21-13-9-11-15-23(21)31)28-20(8-4)18(6-2)26(30-28)22-14-10-12-16-24(22)32/h9-16,31-32H,5-8H2,1-4H3/b28-27-. The smallest absolute Gasteiger partial charge is 0.124 e. The zero-order chi connectivity index (χ0) is 22.8. The maximum atomic E-state index is 10.5. The highest BCUT2D eigenvalue weighted by atomic mass is 16.3. The second-order valence-corrected chi connectivity index (χ2v) is 7.98. The van der Waals surface area contributed by atoms with Crippen LogP contribution in [0.4, 0.5) is 0 Å². The number of benzene rings is 2. The molecule has 2 aliphatic rings. The van der Waals surface area contributed by atoms with Crippen molar-refractivity contribution in [2.45, 2.75) is 53.4 Å². The molecule has 0 saturated carbocycles. The first-order valence-electron chi connectivity index (χ1n) is 11.5. The van der Waals surface area contributed by atoms with E-state index < -0.39 is 0 Å². The number of nitrogens with zero attached hydrogens (tertiary/aromatic N) is 2. The van der Waals surface area contributed by atoms with E-state index in [-0.39, 0.29) is 11.5 Å². The van der Waals surface area contributed by atoms with Crippen molar-refractivity contribution in [2.75, 3.05) is 0 Å². The van der Waals surface area contributed by atoms with Gasteiger partial charge in [0.2, 0.25) is 0 Å². The summed E-state index contributed by atoms with van der Waals surface area (Å²) < 4.78 is 0. The molecule has 4 heteroatoms. The molecule has 0 bridgehead atoms. The van der Waals surface area contributed by atoms with Crippen LogP contribution in [-0.4, -0.2) is 21.6 Å². The van der Waals surface area contributed by atoms with Gasteiger partial charge in [0.15, 0.2) is 0 Å². The molecule has 0 aliphatic carbocycles. The summed E-state index contributed by atoms with van der Waals surface area (Å²) >= 11 is 0. The average Bonchev–Trinajstić information content (AvgIpc) is 3.36. The monoisotopic (exact) mass is 426 g/mol. The molecule has 0 aromatic heterocycles. The van der Waals surface area contributed by atoms with Gasteiger partial charge in [0.05, 0.1) is 22.8 Å². The molecule has 32 heavy (non-hydrogen) atoms. The molecular weight excluding hydrogens is 396 g/mol. The first-order valence-corrected chi connectivity index (χ1v) is 11.5. The van der Waals surface area contributed by atoms with Gasteiger partial charge >= 0.3 is 0 Å². The summed E-state index contributed by atoms with van der Waals surface area (Å²) in [5, 5.41) is 21.0. The molecular formula is C28H30N2O2. The number of aliphatic imine (C=N–C) groups is 2. The molecule has 0 unspecified atom stereocenters. The van der Waals surface area contributed by atoms with Crippen LogP contribution in [0.25, 0.3) is 0 Å². The molecule has 0 radical (unpaired) electrons. The van der Waals surface area contributed by atoms with Crippen molar-refractivity contribution in [1.82, 2.24) is 0 Å². The average molecular weight is 427 g/mol. The molecule has 2 N–H and O–H groups in total. The molecule has 2 aliphatic heterocycles. The van der Waals surface area contributed by atoms with E-state index in [4.69, 9.17) is 9.98 Å².